The van der Waals surface area contributed by atoms with E-state index in [4.69, 9.17) is 0 Å². The van der Waals surface area contributed by atoms with Gasteiger partial charge in [-0.25, -0.2) is 5.01 Å². The predicted molar refractivity (Wildman–Crippen MR) is 105 cm³/mol. The van der Waals surface area contributed by atoms with Crippen LogP contribution in [0, 0.1) is 6.92 Å². The molecule has 140 valence electrons. The number of aliphatic carboxylic acids is 1. The SMILES string of the molecule is Cc1ccc(C2=NN(C(=O)CCCC(=O)[O-])[C@@H](c3ccc(Br)cc3)C2)cc1. The van der Waals surface area contributed by atoms with E-state index in [1.807, 2.05) is 55.5 Å². The van der Waals surface area contributed by atoms with Gasteiger partial charge in [-0.15, -0.1) is 0 Å². The van der Waals surface area contributed by atoms with Crippen molar-refractivity contribution in [3.05, 3.63) is 69.7 Å². The van der Waals surface area contributed by atoms with Crippen molar-refractivity contribution in [2.75, 3.05) is 0 Å². The Bertz CT molecular complexity index is 860. The summed E-state index contributed by atoms with van der Waals surface area (Å²) in [7, 11) is 0. The maximum Gasteiger partial charge on any atom is 0.243 e. The zero-order chi connectivity index (χ0) is 19.4. The molecule has 1 aliphatic heterocycles. The number of carbonyl (C=O) groups is 2. The fourth-order valence-electron chi connectivity index (χ4n) is 3.10. The molecule has 0 saturated carbocycles. The van der Waals surface area contributed by atoms with Gasteiger partial charge in [0, 0.05) is 23.3 Å². The number of amides is 1. The Labute approximate surface area is 166 Å². The molecule has 6 heteroatoms. The summed E-state index contributed by atoms with van der Waals surface area (Å²) >= 11 is 3.43. The molecule has 3 rings (SSSR count). The van der Waals surface area contributed by atoms with Crippen molar-refractivity contribution in [2.45, 2.75) is 38.6 Å². The standard InChI is InChI=1S/C21H21BrN2O3/c1-14-5-7-15(8-6-14)18-13-19(16-9-11-17(22)12-10-16)24(23-18)20(25)3-2-4-21(26)27/h5-12,19H,2-4,13H2,1H3,(H,26,27)/p-1/t19-/m1/s1. The maximum atomic E-state index is 12.7. The molecule has 5 nitrogen and oxygen atoms in total. The molecule has 0 saturated heterocycles. The van der Waals surface area contributed by atoms with E-state index in [2.05, 4.69) is 21.0 Å². The average Bonchev–Trinajstić information content (AvgIpc) is 3.08. The Morgan fingerprint density at radius 1 is 1.11 bits per heavy atom. The van der Waals surface area contributed by atoms with Crippen molar-refractivity contribution >= 4 is 33.5 Å². The summed E-state index contributed by atoms with van der Waals surface area (Å²) in [5, 5.41) is 16.7. The molecule has 0 spiro atoms. The molecule has 1 heterocycles. The van der Waals surface area contributed by atoms with Gasteiger partial charge >= 0.3 is 0 Å². The minimum Gasteiger partial charge on any atom is -0.550 e. The smallest absolute Gasteiger partial charge is 0.243 e. The van der Waals surface area contributed by atoms with E-state index in [1.54, 1.807) is 0 Å². The van der Waals surface area contributed by atoms with Crippen LogP contribution in [0.2, 0.25) is 0 Å². The van der Waals surface area contributed by atoms with E-state index in [1.165, 1.54) is 5.01 Å². The number of hydrazone groups is 1. The summed E-state index contributed by atoms with van der Waals surface area (Å²) in [5.74, 6) is -1.32. The van der Waals surface area contributed by atoms with Gasteiger partial charge in [0.1, 0.15) is 0 Å². The molecule has 0 aromatic heterocycles. The van der Waals surface area contributed by atoms with Crippen LogP contribution >= 0.6 is 15.9 Å². The number of carboxylic acids is 1. The maximum absolute atomic E-state index is 12.7. The minimum atomic E-state index is -1.14. The van der Waals surface area contributed by atoms with Crippen LogP contribution in [0.25, 0.3) is 0 Å². The molecular formula is C21H20BrN2O3-. The third kappa shape index (κ3) is 4.83. The third-order valence-electron chi connectivity index (χ3n) is 4.58. The Hall–Kier alpha value is -2.47. The Kier molecular flexibility index (Phi) is 6.06. The van der Waals surface area contributed by atoms with Crippen LogP contribution in [0.15, 0.2) is 58.1 Å². The first kappa shape index (κ1) is 19.3. The van der Waals surface area contributed by atoms with Gasteiger partial charge in [-0.3, -0.25) is 4.79 Å². The molecular weight excluding hydrogens is 408 g/mol. The van der Waals surface area contributed by atoms with Crippen molar-refractivity contribution in [3.8, 4) is 0 Å². The van der Waals surface area contributed by atoms with Crippen molar-refractivity contribution in [2.24, 2.45) is 5.10 Å². The molecule has 1 amide bonds. The van der Waals surface area contributed by atoms with Crippen molar-refractivity contribution in [3.63, 3.8) is 0 Å². The number of nitrogens with zero attached hydrogens (tertiary/aromatic N) is 2. The average molecular weight is 428 g/mol. The number of rotatable bonds is 6. The second-order valence-electron chi connectivity index (χ2n) is 6.65. The number of hydrogen-bond acceptors (Lipinski definition) is 4. The molecule has 0 radical (unpaired) electrons. The summed E-state index contributed by atoms with van der Waals surface area (Å²) in [4.78, 5) is 23.3. The van der Waals surface area contributed by atoms with Crippen LogP contribution in [0.1, 0.15) is 48.4 Å². The number of carboxylic acid groups (broad SMARTS) is 1. The highest BCUT2D eigenvalue weighted by Crippen LogP contribution is 2.34. The molecule has 0 unspecified atom stereocenters. The largest absolute Gasteiger partial charge is 0.550 e. The van der Waals surface area contributed by atoms with E-state index in [0.29, 0.717) is 6.42 Å². The first-order valence-electron chi connectivity index (χ1n) is 8.86. The van der Waals surface area contributed by atoms with E-state index >= 15 is 0 Å². The van der Waals surface area contributed by atoms with Gasteiger partial charge in [-0.1, -0.05) is 57.9 Å². The fraction of sp³-hybridized carbons (Fsp3) is 0.286. The van der Waals surface area contributed by atoms with Crippen molar-refractivity contribution in [1.29, 1.82) is 0 Å². The highest BCUT2D eigenvalue weighted by molar-refractivity contribution is 9.10. The predicted octanol–water partition coefficient (Wildman–Crippen LogP) is 3.36. The van der Waals surface area contributed by atoms with Crippen LogP contribution in [0.4, 0.5) is 0 Å². The lowest BCUT2D eigenvalue weighted by Crippen LogP contribution is -2.28. The molecule has 0 fully saturated rings. The number of halogens is 1. The lowest BCUT2D eigenvalue weighted by atomic mass is 9.98. The van der Waals surface area contributed by atoms with Gasteiger partial charge < -0.3 is 9.90 Å². The van der Waals surface area contributed by atoms with Crippen molar-refractivity contribution < 1.29 is 14.7 Å². The van der Waals surface area contributed by atoms with Crippen LogP contribution < -0.4 is 5.11 Å². The molecule has 0 aliphatic carbocycles. The minimum absolute atomic E-state index is 0.128. The Morgan fingerprint density at radius 3 is 2.41 bits per heavy atom. The summed E-state index contributed by atoms with van der Waals surface area (Å²) in [6.07, 6.45) is 0.875. The van der Waals surface area contributed by atoms with E-state index in [9.17, 15) is 14.7 Å². The van der Waals surface area contributed by atoms with Gasteiger partial charge in [-0.2, -0.15) is 5.10 Å². The van der Waals surface area contributed by atoms with E-state index < -0.39 is 5.97 Å². The number of benzene rings is 2. The molecule has 27 heavy (non-hydrogen) atoms. The molecule has 0 bridgehead atoms. The highest BCUT2D eigenvalue weighted by Gasteiger charge is 2.32. The van der Waals surface area contributed by atoms with Gasteiger partial charge in [-0.05, 0) is 43.0 Å². The zero-order valence-electron chi connectivity index (χ0n) is 15.0. The van der Waals surface area contributed by atoms with Crippen molar-refractivity contribution in [1.82, 2.24) is 5.01 Å². The number of hydrogen-bond donors (Lipinski definition) is 0. The van der Waals surface area contributed by atoms with Crippen LogP contribution in [0.5, 0.6) is 0 Å². The molecule has 2 aromatic carbocycles. The van der Waals surface area contributed by atoms with Crippen LogP contribution in [0.3, 0.4) is 0 Å². The first-order chi connectivity index (χ1) is 12.9. The number of aryl methyl sites for hydroxylation is 1. The second-order valence-corrected chi connectivity index (χ2v) is 7.56. The Balaban J connectivity index is 1.85. The number of carbonyl (C=O) groups excluding carboxylic acids is 2. The summed E-state index contributed by atoms with van der Waals surface area (Å²) in [6.45, 7) is 2.03. The molecule has 1 aliphatic rings. The normalized spacial score (nSPS) is 16.3. The molecule has 0 N–H and O–H groups in total. The van der Waals surface area contributed by atoms with E-state index in [0.717, 1.165) is 26.9 Å². The van der Waals surface area contributed by atoms with Gasteiger partial charge in [0.15, 0.2) is 0 Å². The van der Waals surface area contributed by atoms with Gasteiger partial charge in [0.05, 0.1) is 11.8 Å². The summed E-state index contributed by atoms with van der Waals surface area (Å²) in [6, 6.07) is 15.7. The second kappa shape index (κ2) is 8.48. The first-order valence-corrected chi connectivity index (χ1v) is 9.65. The zero-order valence-corrected chi connectivity index (χ0v) is 16.6. The highest BCUT2D eigenvalue weighted by atomic mass is 79.9. The molecule has 1 atom stereocenters. The van der Waals surface area contributed by atoms with Crippen LogP contribution in [-0.4, -0.2) is 22.6 Å². The van der Waals surface area contributed by atoms with Gasteiger partial charge in [0.25, 0.3) is 0 Å². The topological polar surface area (TPSA) is 72.8 Å². The lowest BCUT2D eigenvalue weighted by Gasteiger charge is -2.22. The quantitative estimate of drug-likeness (QED) is 0.709. The monoisotopic (exact) mass is 427 g/mol. The third-order valence-corrected chi connectivity index (χ3v) is 5.11. The Morgan fingerprint density at radius 2 is 1.78 bits per heavy atom. The lowest BCUT2D eigenvalue weighted by molar-refractivity contribution is -0.305. The summed E-state index contributed by atoms with van der Waals surface area (Å²) < 4.78 is 0.968. The molecule has 2 aromatic rings. The van der Waals surface area contributed by atoms with Gasteiger partial charge in [0.2, 0.25) is 5.91 Å². The van der Waals surface area contributed by atoms with E-state index in [-0.39, 0.29) is 31.2 Å². The van der Waals surface area contributed by atoms with Crippen LogP contribution in [-0.2, 0) is 9.59 Å². The summed E-state index contributed by atoms with van der Waals surface area (Å²) in [5.41, 5.74) is 4.01. The fourth-order valence-corrected chi connectivity index (χ4v) is 3.37.